The van der Waals surface area contributed by atoms with Crippen LogP contribution in [0.2, 0.25) is 15.1 Å². The third-order valence-electron chi connectivity index (χ3n) is 5.24. The van der Waals surface area contributed by atoms with Crippen LogP contribution in [0.25, 0.3) is 5.65 Å². The van der Waals surface area contributed by atoms with Gasteiger partial charge in [-0.25, -0.2) is 9.50 Å². The van der Waals surface area contributed by atoms with Gasteiger partial charge in [0.05, 0.1) is 16.6 Å². The quantitative estimate of drug-likeness (QED) is 0.340. The Morgan fingerprint density at radius 2 is 1.82 bits per heavy atom. The molecule has 13 heteroatoms. The van der Waals surface area contributed by atoms with Crippen molar-refractivity contribution in [1.82, 2.24) is 24.4 Å². The van der Waals surface area contributed by atoms with E-state index in [1.165, 1.54) is 16.9 Å². The molecule has 4 aromatic rings. The van der Waals surface area contributed by atoms with Crippen LogP contribution in [-0.2, 0) is 12.7 Å². The van der Waals surface area contributed by atoms with Gasteiger partial charge in [0.15, 0.2) is 17.2 Å². The molecule has 3 aromatic heterocycles. The second kappa shape index (κ2) is 8.44. The van der Waals surface area contributed by atoms with Crippen molar-refractivity contribution < 1.29 is 18.0 Å². The zero-order chi connectivity index (χ0) is 24.2. The molecule has 7 nitrogen and oxygen atoms in total. The molecule has 1 fully saturated rings. The second-order valence-corrected chi connectivity index (χ2v) is 9.09. The minimum absolute atomic E-state index is 0.00318. The van der Waals surface area contributed by atoms with Crippen LogP contribution in [0.5, 0.6) is 0 Å². The van der Waals surface area contributed by atoms with Gasteiger partial charge in [-0.3, -0.25) is 9.48 Å². The molecular formula is C21H14Cl3F3N6O. The number of nitrogens with zero attached hydrogens (tertiary/aromatic N) is 5. The molecule has 0 unspecified atom stereocenters. The van der Waals surface area contributed by atoms with Crippen LogP contribution >= 0.6 is 34.8 Å². The Balaban J connectivity index is 1.40. The maximum Gasteiger partial charge on any atom is 0.433 e. The van der Waals surface area contributed by atoms with Gasteiger partial charge in [-0.1, -0.05) is 40.9 Å². The first-order valence-corrected chi connectivity index (χ1v) is 11.2. The van der Waals surface area contributed by atoms with Gasteiger partial charge in [0.25, 0.3) is 5.91 Å². The van der Waals surface area contributed by atoms with Gasteiger partial charge >= 0.3 is 6.18 Å². The average Bonchev–Trinajstić information content (AvgIpc) is 3.43. The molecular weight excluding hydrogens is 516 g/mol. The largest absolute Gasteiger partial charge is 0.433 e. The predicted octanol–water partition coefficient (Wildman–Crippen LogP) is 6.08. The zero-order valence-corrected chi connectivity index (χ0v) is 19.3. The average molecular weight is 530 g/mol. The van der Waals surface area contributed by atoms with E-state index < -0.39 is 17.8 Å². The molecule has 3 heterocycles. The van der Waals surface area contributed by atoms with E-state index in [1.807, 2.05) is 0 Å². The number of rotatable bonds is 5. The molecule has 0 bridgehead atoms. The number of benzene rings is 1. The Labute approximate surface area is 205 Å². The van der Waals surface area contributed by atoms with E-state index in [4.69, 9.17) is 34.8 Å². The fraction of sp³-hybridized carbons (Fsp3) is 0.238. The summed E-state index contributed by atoms with van der Waals surface area (Å²) in [6, 6.07) is 7.28. The van der Waals surface area contributed by atoms with Gasteiger partial charge in [0.1, 0.15) is 10.7 Å². The summed E-state index contributed by atoms with van der Waals surface area (Å²) in [6.07, 6.45) is -1.59. The van der Waals surface area contributed by atoms with Crippen LogP contribution in [0.15, 0.2) is 36.5 Å². The number of nitrogens with one attached hydrogen (secondary N) is 1. The summed E-state index contributed by atoms with van der Waals surface area (Å²) in [5.74, 6) is -0.740. The Kier molecular flexibility index (Phi) is 5.70. The Hall–Kier alpha value is -2.82. The third-order valence-corrected chi connectivity index (χ3v) is 6.26. The topological polar surface area (TPSA) is 77.1 Å². The first-order valence-electron chi connectivity index (χ1n) is 10.0. The fourth-order valence-electron chi connectivity index (χ4n) is 3.45. The van der Waals surface area contributed by atoms with Gasteiger partial charge < -0.3 is 5.32 Å². The molecule has 5 rings (SSSR count). The summed E-state index contributed by atoms with van der Waals surface area (Å²) in [5.41, 5.74) is -0.152. The monoisotopic (exact) mass is 528 g/mol. The standard InChI is InChI=1S/C21H14Cl3F3N6O/c22-12-4-1-10(5-13(12)23)8-32-9-14(24)19(31-32)29-20(34)16-7-18-28-15(11-2-3-11)6-17(21(25,26)27)33(18)30-16/h1,4-7,9,11H,2-3,8H2,(H,29,31,34). The van der Waals surface area contributed by atoms with E-state index in [0.29, 0.717) is 26.8 Å². The van der Waals surface area contributed by atoms with Crippen LogP contribution in [0, 0.1) is 0 Å². The number of aromatic nitrogens is 5. The van der Waals surface area contributed by atoms with Crippen LogP contribution in [0.4, 0.5) is 19.0 Å². The third kappa shape index (κ3) is 4.57. The molecule has 1 amide bonds. The van der Waals surface area contributed by atoms with Crippen molar-refractivity contribution in [1.29, 1.82) is 0 Å². The molecule has 0 radical (unpaired) electrons. The molecule has 1 aliphatic carbocycles. The summed E-state index contributed by atoms with van der Waals surface area (Å²) < 4.78 is 42.9. The summed E-state index contributed by atoms with van der Waals surface area (Å²) in [6.45, 7) is 0.295. The SMILES string of the molecule is O=C(Nc1nn(Cc2ccc(Cl)c(Cl)c2)cc1Cl)c1cc2nc(C3CC3)cc(C(F)(F)F)n2n1. The maximum absolute atomic E-state index is 13.6. The van der Waals surface area contributed by atoms with Crippen molar-refractivity contribution in [2.24, 2.45) is 0 Å². The normalized spacial score (nSPS) is 14.1. The Morgan fingerprint density at radius 1 is 1.06 bits per heavy atom. The molecule has 1 saturated carbocycles. The zero-order valence-electron chi connectivity index (χ0n) is 17.1. The van der Waals surface area contributed by atoms with E-state index in [1.54, 1.807) is 18.2 Å². The molecule has 1 N–H and O–H groups in total. The van der Waals surface area contributed by atoms with Crippen LogP contribution in [-0.4, -0.2) is 30.3 Å². The van der Waals surface area contributed by atoms with Crippen LogP contribution in [0.3, 0.4) is 0 Å². The molecule has 0 aliphatic heterocycles. The van der Waals surface area contributed by atoms with Gasteiger partial charge in [-0.15, -0.1) is 0 Å². The smallest absolute Gasteiger partial charge is 0.302 e. The highest BCUT2D eigenvalue weighted by molar-refractivity contribution is 6.42. The van der Waals surface area contributed by atoms with Crippen molar-refractivity contribution in [3.8, 4) is 0 Å². The number of carbonyl (C=O) groups excluding carboxylic acids is 1. The lowest BCUT2D eigenvalue weighted by molar-refractivity contribution is -0.142. The summed E-state index contributed by atoms with van der Waals surface area (Å²) >= 11 is 18.1. The van der Waals surface area contributed by atoms with Gasteiger partial charge in [0, 0.05) is 23.9 Å². The predicted molar refractivity (Wildman–Crippen MR) is 121 cm³/mol. The minimum Gasteiger partial charge on any atom is -0.302 e. The Bertz CT molecular complexity index is 1430. The molecule has 1 aliphatic rings. The Morgan fingerprint density at radius 3 is 2.50 bits per heavy atom. The van der Waals surface area contributed by atoms with Crippen LogP contribution < -0.4 is 5.32 Å². The molecule has 176 valence electrons. The van der Waals surface area contributed by atoms with Gasteiger partial charge in [-0.05, 0) is 36.6 Å². The van der Waals surface area contributed by atoms with E-state index in [2.05, 4.69) is 20.5 Å². The van der Waals surface area contributed by atoms with E-state index >= 15 is 0 Å². The number of hydrogen-bond acceptors (Lipinski definition) is 4. The van der Waals surface area contributed by atoms with Crippen LogP contribution in [0.1, 0.15) is 46.2 Å². The molecule has 1 aromatic carbocycles. The number of hydrogen-bond donors (Lipinski definition) is 1. The highest BCUT2D eigenvalue weighted by Gasteiger charge is 2.37. The lowest BCUT2D eigenvalue weighted by atomic mass is 10.2. The van der Waals surface area contributed by atoms with E-state index in [0.717, 1.165) is 24.5 Å². The van der Waals surface area contributed by atoms with Crippen molar-refractivity contribution in [2.45, 2.75) is 31.5 Å². The second-order valence-electron chi connectivity index (χ2n) is 7.86. The van der Waals surface area contributed by atoms with E-state index in [9.17, 15) is 18.0 Å². The minimum atomic E-state index is -4.66. The first kappa shape index (κ1) is 22.9. The first-order chi connectivity index (χ1) is 16.1. The molecule has 34 heavy (non-hydrogen) atoms. The summed E-state index contributed by atoms with van der Waals surface area (Å²) in [5, 5.41) is 11.5. The molecule has 0 atom stereocenters. The highest BCUT2D eigenvalue weighted by atomic mass is 35.5. The van der Waals surface area contributed by atoms with Crippen molar-refractivity contribution in [3.05, 3.63) is 74.2 Å². The number of anilines is 1. The molecule has 0 spiro atoms. The molecule has 0 saturated heterocycles. The van der Waals surface area contributed by atoms with Crippen molar-refractivity contribution in [3.63, 3.8) is 0 Å². The fourth-order valence-corrected chi connectivity index (χ4v) is 3.97. The lowest BCUT2D eigenvalue weighted by Crippen LogP contribution is -2.16. The number of alkyl halides is 3. The lowest BCUT2D eigenvalue weighted by Gasteiger charge is -2.10. The maximum atomic E-state index is 13.6. The van der Waals surface area contributed by atoms with Gasteiger partial charge in [0.2, 0.25) is 0 Å². The summed E-state index contributed by atoms with van der Waals surface area (Å²) in [7, 11) is 0. The number of carbonyl (C=O) groups is 1. The number of amides is 1. The van der Waals surface area contributed by atoms with Crippen molar-refractivity contribution >= 4 is 52.2 Å². The number of fused-ring (bicyclic) bond motifs is 1. The number of halogens is 6. The summed E-state index contributed by atoms with van der Waals surface area (Å²) in [4.78, 5) is 17.0. The highest BCUT2D eigenvalue weighted by Crippen LogP contribution is 2.41. The van der Waals surface area contributed by atoms with E-state index in [-0.39, 0.29) is 28.1 Å². The van der Waals surface area contributed by atoms with Gasteiger partial charge in [-0.2, -0.15) is 23.4 Å². The van der Waals surface area contributed by atoms with Crippen molar-refractivity contribution in [2.75, 3.05) is 5.32 Å².